The van der Waals surface area contributed by atoms with E-state index in [-0.39, 0.29) is 23.4 Å². The van der Waals surface area contributed by atoms with E-state index >= 15 is 0 Å². The number of aryl methyl sites for hydroxylation is 1. The molecule has 1 fully saturated rings. The van der Waals surface area contributed by atoms with Gasteiger partial charge < -0.3 is 14.4 Å². The number of carbonyl (C=O) groups excluding carboxylic acids is 1. The van der Waals surface area contributed by atoms with E-state index in [1.165, 1.54) is 13.2 Å². The summed E-state index contributed by atoms with van der Waals surface area (Å²) in [7, 11) is 1.39. The number of halogens is 2. The summed E-state index contributed by atoms with van der Waals surface area (Å²) in [4.78, 5) is 14.9. The molecule has 0 bridgehead atoms. The minimum Gasteiger partial charge on any atom is -0.493 e. The third-order valence-corrected chi connectivity index (χ3v) is 5.81. The zero-order valence-corrected chi connectivity index (χ0v) is 19.4. The molecular formula is C26H27F2N3O3. The zero-order chi connectivity index (χ0) is 24.2. The molecule has 0 radical (unpaired) electrons. The molecule has 6 nitrogen and oxygen atoms in total. The summed E-state index contributed by atoms with van der Waals surface area (Å²) in [5, 5.41) is 4.63. The number of aromatic nitrogens is 2. The number of hydrogen-bond donors (Lipinski definition) is 0. The molecule has 0 N–H and O–H groups in total. The van der Waals surface area contributed by atoms with Crippen molar-refractivity contribution in [2.24, 2.45) is 0 Å². The molecule has 8 heteroatoms. The van der Waals surface area contributed by atoms with Gasteiger partial charge in [0.15, 0.2) is 11.5 Å². The van der Waals surface area contributed by atoms with Crippen LogP contribution in [0.5, 0.6) is 11.5 Å². The van der Waals surface area contributed by atoms with Gasteiger partial charge in [0.25, 0.3) is 0 Å². The van der Waals surface area contributed by atoms with Crippen LogP contribution < -0.4 is 9.47 Å². The Morgan fingerprint density at radius 2 is 1.91 bits per heavy atom. The lowest BCUT2D eigenvalue weighted by Crippen LogP contribution is -2.31. The minimum atomic E-state index is -2.94. The predicted octanol–water partition coefficient (Wildman–Crippen LogP) is 5.30. The molecule has 1 amide bonds. The van der Waals surface area contributed by atoms with E-state index in [1.807, 2.05) is 54.9 Å². The van der Waals surface area contributed by atoms with Gasteiger partial charge in [-0.25, -0.2) is 4.68 Å². The average Bonchev–Trinajstić information content (AvgIpc) is 3.62. The Morgan fingerprint density at radius 3 is 2.56 bits per heavy atom. The summed E-state index contributed by atoms with van der Waals surface area (Å²) in [6, 6.07) is 14.7. The Hall–Kier alpha value is -3.68. The molecular weight excluding hydrogens is 440 g/mol. The first-order valence-electron chi connectivity index (χ1n) is 11.1. The van der Waals surface area contributed by atoms with Crippen molar-refractivity contribution >= 4 is 12.0 Å². The average molecular weight is 468 g/mol. The van der Waals surface area contributed by atoms with E-state index in [0.717, 1.165) is 41.0 Å². The summed E-state index contributed by atoms with van der Waals surface area (Å²) < 4.78 is 36.8. The first kappa shape index (κ1) is 23.5. The molecule has 1 saturated carbocycles. The molecule has 34 heavy (non-hydrogen) atoms. The predicted molar refractivity (Wildman–Crippen MR) is 125 cm³/mol. The lowest BCUT2D eigenvalue weighted by atomic mass is 10.1. The number of hydrogen-bond acceptors (Lipinski definition) is 4. The van der Waals surface area contributed by atoms with E-state index in [1.54, 1.807) is 23.1 Å². The van der Waals surface area contributed by atoms with Gasteiger partial charge in [-0.15, -0.1) is 0 Å². The van der Waals surface area contributed by atoms with Crippen LogP contribution >= 0.6 is 0 Å². The molecule has 0 atom stereocenters. The highest BCUT2D eigenvalue weighted by molar-refractivity contribution is 5.92. The van der Waals surface area contributed by atoms with Crippen molar-refractivity contribution < 1.29 is 23.0 Å². The minimum absolute atomic E-state index is 0.0353. The SMILES string of the molecule is COc1cc(CN(C(=O)/C=C/c2c(C)nn(-c3ccccc3)c2C)C2CC2)ccc1OC(F)F. The molecule has 0 saturated heterocycles. The second kappa shape index (κ2) is 10.1. The first-order chi connectivity index (χ1) is 16.4. The van der Waals surface area contributed by atoms with Gasteiger partial charge in [-0.2, -0.15) is 13.9 Å². The second-order valence-corrected chi connectivity index (χ2v) is 8.23. The van der Waals surface area contributed by atoms with Crippen LogP contribution in [0.2, 0.25) is 0 Å². The van der Waals surface area contributed by atoms with E-state index < -0.39 is 6.61 Å². The fourth-order valence-corrected chi connectivity index (χ4v) is 3.94. The van der Waals surface area contributed by atoms with Crippen LogP contribution in [0.3, 0.4) is 0 Å². The van der Waals surface area contributed by atoms with E-state index in [9.17, 15) is 13.6 Å². The number of carbonyl (C=O) groups is 1. The van der Waals surface area contributed by atoms with Crippen LogP contribution in [-0.2, 0) is 11.3 Å². The van der Waals surface area contributed by atoms with Crippen molar-refractivity contribution in [1.82, 2.24) is 14.7 Å². The maximum absolute atomic E-state index is 13.1. The maximum Gasteiger partial charge on any atom is 0.387 e. The van der Waals surface area contributed by atoms with Gasteiger partial charge in [-0.05, 0) is 62.6 Å². The molecule has 1 heterocycles. The normalized spacial score (nSPS) is 13.5. The van der Waals surface area contributed by atoms with Gasteiger partial charge in [0.1, 0.15) is 0 Å². The second-order valence-electron chi connectivity index (χ2n) is 8.23. The number of amides is 1. The van der Waals surface area contributed by atoms with Crippen LogP contribution in [0.4, 0.5) is 8.78 Å². The number of benzene rings is 2. The third kappa shape index (κ3) is 5.27. The molecule has 1 aliphatic carbocycles. The zero-order valence-electron chi connectivity index (χ0n) is 19.4. The highest BCUT2D eigenvalue weighted by Gasteiger charge is 2.32. The first-order valence-corrected chi connectivity index (χ1v) is 11.1. The van der Waals surface area contributed by atoms with Crippen molar-refractivity contribution in [3.63, 3.8) is 0 Å². The lowest BCUT2D eigenvalue weighted by Gasteiger charge is -2.21. The van der Waals surface area contributed by atoms with E-state index in [0.29, 0.717) is 6.54 Å². The summed E-state index contributed by atoms with van der Waals surface area (Å²) >= 11 is 0. The van der Waals surface area contributed by atoms with Gasteiger partial charge in [-0.3, -0.25) is 4.79 Å². The Kier molecular flexibility index (Phi) is 6.95. The van der Waals surface area contributed by atoms with Gasteiger partial charge >= 0.3 is 6.61 Å². The molecule has 2 aromatic carbocycles. The summed E-state index contributed by atoms with van der Waals surface area (Å²) in [6.45, 7) is 1.31. The third-order valence-electron chi connectivity index (χ3n) is 5.81. The van der Waals surface area contributed by atoms with Crippen LogP contribution in [0.25, 0.3) is 11.8 Å². The quantitative estimate of drug-likeness (QED) is 0.401. The molecule has 1 aromatic heterocycles. The van der Waals surface area contributed by atoms with Crippen molar-refractivity contribution in [3.05, 3.63) is 77.1 Å². The molecule has 4 rings (SSSR count). The van der Waals surface area contributed by atoms with Crippen molar-refractivity contribution in [2.75, 3.05) is 7.11 Å². The summed E-state index contributed by atoms with van der Waals surface area (Å²) in [5.41, 5.74) is 4.43. The molecule has 1 aliphatic rings. The van der Waals surface area contributed by atoms with Gasteiger partial charge in [0.05, 0.1) is 18.5 Å². The van der Waals surface area contributed by atoms with Crippen LogP contribution in [0, 0.1) is 13.8 Å². The van der Waals surface area contributed by atoms with Crippen LogP contribution in [0.1, 0.15) is 35.4 Å². The molecule has 0 unspecified atom stereocenters. The van der Waals surface area contributed by atoms with Crippen molar-refractivity contribution in [3.8, 4) is 17.2 Å². The van der Waals surface area contributed by atoms with Crippen molar-refractivity contribution in [2.45, 2.75) is 45.9 Å². The Labute approximate surface area is 197 Å². The summed E-state index contributed by atoms with van der Waals surface area (Å²) in [5.74, 6) is 0.0589. The Balaban J connectivity index is 1.52. The van der Waals surface area contributed by atoms with E-state index in [4.69, 9.17) is 4.74 Å². The largest absolute Gasteiger partial charge is 0.493 e. The smallest absolute Gasteiger partial charge is 0.387 e. The Bertz CT molecular complexity index is 1190. The van der Waals surface area contributed by atoms with Gasteiger partial charge in [0, 0.05) is 29.9 Å². The molecule has 3 aromatic rings. The fraction of sp³-hybridized carbons (Fsp3) is 0.308. The number of alkyl halides is 2. The van der Waals surface area contributed by atoms with Crippen LogP contribution in [-0.4, -0.2) is 40.4 Å². The molecule has 0 spiro atoms. The molecule has 178 valence electrons. The molecule has 0 aliphatic heterocycles. The topological polar surface area (TPSA) is 56.6 Å². The highest BCUT2D eigenvalue weighted by Crippen LogP contribution is 2.33. The van der Waals surface area contributed by atoms with Crippen molar-refractivity contribution in [1.29, 1.82) is 0 Å². The lowest BCUT2D eigenvalue weighted by molar-refractivity contribution is -0.127. The van der Waals surface area contributed by atoms with E-state index in [2.05, 4.69) is 9.84 Å². The maximum atomic E-state index is 13.1. The fourth-order valence-electron chi connectivity index (χ4n) is 3.94. The number of methoxy groups -OCH3 is 1. The van der Waals surface area contributed by atoms with Crippen LogP contribution in [0.15, 0.2) is 54.6 Å². The standard InChI is InChI=1S/C26H27F2N3O3/c1-17-22(18(2)31(29-17)21-7-5-4-6-8-21)12-14-25(32)30(20-10-11-20)16-19-9-13-23(34-26(27)28)24(15-19)33-3/h4-9,12-15,20,26H,10-11,16H2,1-3H3/b14-12+. The number of rotatable bonds is 9. The van der Waals surface area contributed by atoms with Gasteiger partial charge in [0.2, 0.25) is 5.91 Å². The summed E-state index contributed by atoms with van der Waals surface area (Å²) in [6.07, 6.45) is 5.27. The Morgan fingerprint density at radius 1 is 1.18 bits per heavy atom. The van der Waals surface area contributed by atoms with Gasteiger partial charge in [-0.1, -0.05) is 24.3 Å². The number of para-hydroxylation sites is 1. The highest BCUT2D eigenvalue weighted by atomic mass is 19.3. The number of ether oxygens (including phenoxy) is 2. The number of nitrogens with zero attached hydrogens (tertiary/aromatic N) is 3. The monoisotopic (exact) mass is 467 g/mol.